The summed E-state index contributed by atoms with van der Waals surface area (Å²) < 4.78 is 99.7. The molecular formula is C105H61F6N15. The van der Waals surface area contributed by atoms with E-state index in [4.69, 9.17) is 59.8 Å². The van der Waals surface area contributed by atoms with Crippen molar-refractivity contribution in [1.82, 2.24) is 68.9 Å². The molecule has 0 aliphatic heterocycles. The summed E-state index contributed by atoms with van der Waals surface area (Å²) in [5.74, 6) is 4.61. The molecule has 15 nitrogen and oxygen atoms in total. The van der Waals surface area contributed by atoms with Crippen molar-refractivity contribution in [3.8, 4) is 176 Å². The number of nitrogens with zero attached hydrogens (tertiary/aromatic N) is 15. The van der Waals surface area contributed by atoms with Crippen LogP contribution in [-0.4, -0.2) is 68.9 Å². The second-order valence-electron chi connectivity index (χ2n) is 30.1. The molecule has 6 heterocycles. The summed E-state index contributed by atoms with van der Waals surface area (Å²) in [5, 5.41) is 13.8. The van der Waals surface area contributed by atoms with Crippen LogP contribution in [0.15, 0.2) is 370 Å². The lowest BCUT2D eigenvalue weighted by molar-refractivity contribution is -0.142. The maximum absolute atomic E-state index is 16.0. The monoisotopic (exact) mass is 1650 g/mol. The minimum atomic E-state index is -5.29. The predicted molar refractivity (Wildman–Crippen MR) is 479 cm³/mol. The minimum Gasteiger partial charge on any atom is -0.309 e. The summed E-state index contributed by atoms with van der Waals surface area (Å²) >= 11 is 0. The fourth-order valence-corrected chi connectivity index (χ4v) is 16.3. The van der Waals surface area contributed by atoms with E-state index in [0.717, 1.165) is 50.6 Å². The van der Waals surface area contributed by atoms with Gasteiger partial charge in [0.25, 0.3) is 0 Å². The van der Waals surface area contributed by atoms with Crippen LogP contribution in [0, 0.1) is 11.3 Å². The van der Waals surface area contributed by atoms with E-state index in [9.17, 15) is 5.26 Å². The summed E-state index contributed by atoms with van der Waals surface area (Å²) in [6.07, 6.45) is -10.6. The number of nitriles is 1. The number of hydrogen-bond acceptors (Lipinski definition) is 13. The van der Waals surface area contributed by atoms with Gasteiger partial charge in [-0.1, -0.05) is 261 Å². The van der Waals surface area contributed by atoms with Gasteiger partial charge in [0.1, 0.15) is 0 Å². The van der Waals surface area contributed by atoms with E-state index < -0.39 is 34.6 Å². The maximum Gasteiger partial charge on any atom is 0.417 e. The first kappa shape index (κ1) is 76.4. The van der Waals surface area contributed by atoms with Gasteiger partial charge in [0.2, 0.25) is 0 Å². The molecule has 0 bridgehead atoms. The molecule has 126 heavy (non-hydrogen) atoms. The summed E-state index contributed by atoms with van der Waals surface area (Å²) in [6, 6.07) is 113. The van der Waals surface area contributed by atoms with Gasteiger partial charge in [-0.05, 0) is 115 Å². The third kappa shape index (κ3) is 14.4. The van der Waals surface area contributed by atoms with E-state index in [1.807, 2.05) is 325 Å². The molecule has 598 valence electrons. The van der Waals surface area contributed by atoms with E-state index >= 15 is 26.3 Å². The molecule has 6 aromatic heterocycles. The number of fused-ring (bicyclic) bond motifs is 6. The van der Waals surface area contributed by atoms with Crippen LogP contribution in [0.2, 0.25) is 0 Å². The average Bonchev–Trinajstić information content (AvgIpc) is 1.53. The maximum atomic E-state index is 16.0. The van der Waals surface area contributed by atoms with Gasteiger partial charge in [-0.15, -0.1) is 0 Å². The van der Waals surface area contributed by atoms with Crippen molar-refractivity contribution in [2.75, 3.05) is 0 Å². The Hall–Kier alpha value is -17.0. The second kappa shape index (κ2) is 31.5. The molecule has 21 heteroatoms. The van der Waals surface area contributed by atoms with Crippen molar-refractivity contribution in [3.05, 3.63) is 387 Å². The third-order valence-corrected chi connectivity index (χ3v) is 22.2. The number of aromatic nitrogens is 14. The Morgan fingerprint density at radius 2 is 0.444 bits per heavy atom. The molecule has 0 aliphatic rings. The van der Waals surface area contributed by atoms with Crippen molar-refractivity contribution in [1.29, 1.82) is 5.26 Å². The van der Waals surface area contributed by atoms with Crippen LogP contribution < -0.4 is 0 Å². The molecule has 0 saturated carbocycles. The number of hydrogen-bond donors (Lipinski definition) is 0. The van der Waals surface area contributed by atoms with Gasteiger partial charge >= 0.3 is 12.4 Å². The normalized spacial score (nSPS) is 11.7. The first-order valence-corrected chi connectivity index (χ1v) is 40.3. The zero-order valence-corrected chi connectivity index (χ0v) is 66.2. The van der Waals surface area contributed by atoms with Crippen LogP contribution in [-0.2, 0) is 12.4 Å². The van der Waals surface area contributed by atoms with Crippen molar-refractivity contribution in [2.24, 2.45) is 0 Å². The number of rotatable bonds is 16. The van der Waals surface area contributed by atoms with Crippen LogP contribution in [0.3, 0.4) is 0 Å². The molecule has 0 atom stereocenters. The highest BCUT2D eigenvalue weighted by atomic mass is 19.4. The Kier molecular flexibility index (Phi) is 19.1. The summed E-state index contributed by atoms with van der Waals surface area (Å²) in [6.45, 7) is 0. The molecule has 0 radical (unpaired) electrons. The lowest BCUT2D eigenvalue weighted by atomic mass is 9.90. The lowest BCUT2D eigenvalue weighted by Gasteiger charge is -2.22. The van der Waals surface area contributed by atoms with Crippen LogP contribution >= 0.6 is 0 Å². The molecular weight excluding hydrogens is 1590 g/mol. The average molecular weight is 1650 g/mol. The minimum absolute atomic E-state index is 0.154. The lowest BCUT2D eigenvalue weighted by Crippen LogP contribution is -2.14. The molecule has 0 fully saturated rings. The van der Waals surface area contributed by atoms with Gasteiger partial charge in [0.15, 0.2) is 69.9 Å². The van der Waals surface area contributed by atoms with E-state index in [1.54, 1.807) is 24.3 Å². The van der Waals surface area contributed by atoms with E-state index in [2.05, 4.69) is 6.07 Å². The molecule has 0 aliphatic carbocycles. The highest BCUT2D eigenvalue weighted by Gasteiger charge is 2.42. The fourth-order valence-electron chi connectivity index (χ4n) is 16.3. The van der Waals surface area contributed by atoms with Crippen molar-refractivity contribution < 1.29 is 26.3 Å². The molecule has 0 saturated heterocycles. The molecule has 0 amide bonds. The van der Waals surface area contributed by atoms with E-state index in [-0.39, 0.29) is 16.7 Å². The first-order chi connectivity index (χ1) is 61.6. The highest BCUT2D eigenvalue weighted by Crippen LogP contribution is 2.50. The van der Waals surface area contributed by atoms with Crippen molar-refractivity contribution >= 4 is 43.6 Å². The summed E-state index contributed by atoms with van der Waals surface area (Å²) in [4.78, 5) is 61.4. The highest BCUT2D eigenvalue weighted by molar-refractivity contribution is 6.14. The smallest absolute Gasteiger partial charge is 0.309 e. The zero-order chi connectivity index (χ0) is 85.2. The SMILES string of the molecule is N#Cc1ccc(-c2cc(-c3c(C(F)(F)F)cccc3C(F)(F)F)ccc2-n2c3ccc(-c4nc(-c5ccccc5)nc(-c5ccccc5)n4)cc3c3cc(-c4nc(-c5ccccc5)nc(-c5ccccc5)n4)ccc32)c(-n2c3ccc(-c4nc(-c5ccccc5)nc(-c5ccccc5)n4)cc3c3cc(-c4nc(-c5ccccc5)nc(-c5ccccc5)n4)ccc32)c1. The van der Waals surface area contributed by atoms with Gasteiger partial charge in [-0.3, -0.25) is 0 Å². The quantitative estimate of drug-likeness (QED) is 0.0832. The van der Waals surface area contributed by atoms with Gasteiger partial charge < -0.3 is 9.13 Å². The molecule has 0 unspecified atom stereocenters. The van der Waals surface area contributed by atoms with Crippen molar-refractivity contribution in [3.63, 3.8) is 0 Å². The molecule has 15 aromatic carbocycles. The molecule has 0 spiro atoms. The largest absolute Gasteiger partial charge is 0.417 e. The standard InChI is InChI=1S/C105H61F6N15/c106-104(107,108)83-42-25-43-84(105(109,110)111)91(83)72-45-51-85(125-86-52-46-73(100-117-92(64-26-9-1-10-27-64)113-93(118-100)65-28-11-2-12-29-65)58-79(86)80-59-74(47-53-87(80)125)101-119-94(66-30-13-3-14-31-66)114-95(120-101)67-32-15-4-16-33-67)78(57-72)77-50-44-63(62-112)56-90(77)126-88-54-48-75(102-121-96(68-34-17-5-18-35-68)115-97(122-102)69-36-19-6-20-37-69)60-81(88)82-61-76(49-55-89(82)126)103-123-98(70-38-21-7-22-39-70)116-99(124-103)71-40-23-8-24-41-71/h1-61H. The Balaban J connectivity index is 0.848. The molecule has 21 aromatic rings. The Morgan fingerprint density at radius 3 is 0.690 bits per heavy atom. The molecule has 21 rings (SSSR count). The fraction of sp³-hybridized carbons (Fsp3) is 0.0190. The summed E-state index contributed by atoms with van der Waals surface area (Å²) in [5.41, 5.74) is 7.11. The third-order valence-electron chi connectivity index (χ3n) is 22.2. The predicted octanol–water partition coefficient (Wildman–Crippen LogP) is 25.9. The Labute approximate surface area is 715 Å². The number of alkyl halides is 6. The van der Waals surface area contributed by atoms with Crippen LogP contribution in [0.25, 0.3) is 214 Å². The van der Waals surface area contributed by atoms with Crippen LogP contribution in [0.5, 0.6) is 0 Å². The number of halogens is 6. The van der Waals surface area contributed by atoms with Gasteiger partial charge in [0.05, 0.1) is 56.2 Å². The van der Waals surface area contributed by atoms with Crippen LogP contribution in [0.4, 0.5) is 26.3 Å². The van der Waals surface area contributed by atoms with Gasteiger partial charge in [0, 0.05) is 105 Å². The Morgan fingerprint density at radius 1 is 0.206 bits per heavy atom. The topological polar surface area (TPSA) is 188 Å². The van der Waals surface area contributed by atoms with E-state index in [0.29, 0.717) is 159 Å². The summed E-state index contributed by atoms with van der Waals surface area (Å²) in [7, 11) is 0. The second-order valence-corrected chi connectivity index (χ2v) is 30.1. The first-order valence-electron chi connectivity index (χ1n) is 40.3. The Bertz CT molecular complexity index is 7220. The number of benzene rings is 15. The van der Waals surface area contributed by atoms with Gasteiger partial charge in [-0.2, -0.15) is 31.6 Å². The molecule has 0 N–H and O–H groups in total. The van der Waals surface area contributed by atoms with Crippen molar-refractivity contribution in [2.45, 2.75) is 12.4 Å². The zero-order valence-electron chi connectivity index (χ0n) is 66.2. The van der Waals surface area contributed by atoms with Crippen LogP contribution in [0.1, 0.15) is 16.7 Å². The van der Waals surface area contributed by atoms with Gasteiger partial charge in [-0.25, -0.2) is 59.8 Å². The van der Waals surface area contributed by atoms with E-state index in [1.165, 1.54) is 12.1 Å².